The summed E-state index contributed by atoms with van der Waals surface area (Å²) in [5.41, 5.74) is 0. The zero-order chi connectivity index (χ0) is 5.91. The molecule has 43 valence electrons. The van der Waals surface area contributed by atoms with Crippen molar-refractivity contribution in [2.45, 2.75) is 6.42 Å². The van der Waals surface area contributed by atoms with E-state index in [9.17, 15) is 8.42 Å². The summed E-state index contributed by atoms with van der Waals surface area (Å²) >= 11 is 0. The molecule has 0 heterocycles. The second-order valence-electron chi connectivity index (χ2n) is 1.14. The molecule has 4 heteroatoms. The molecule has 3 nitrogen and oxygen atoms in total. The Bertz CT molecular complexity index is 123. The van der Waals surface area contributed by atoms with Crippen LogP contribution in [-0.4, -0.2) is 18.7 Å². The average Bonchev–Trinajstić information content (AvgIpc) is 1.30. The van der Waals surface area contributed by atoms with E-state index < -0.39 is 10.1 Å². The molecule has 7 heavy (non-hydrogen) atoms. The minimum Gasteiger partial charge on any atom is -0.286 e. The third-order valence-corrected chi connectivity index (χ3v) is 1.21. The Labute approximate surface area is 43.1 Å². The highest BCUT2D eigenvalue weighted by molar-refractivity contribution is 7.85. The Morgan fingerprint density at radius 1 is 1.57 bits per heavy atom. The van der Waals surface area contributed by atoms with Crippen LogP contribution in [0, 0.1) is 6.92 Å². The Balaban J connectivity index is 3.60. The van der Waals surface area contributed by atoms with E-state index in [1.165, 1.54) is 0 Å². The summed E-state index contributed by atoms with van der Waals surface area (Å²) in [4.78, 5) is 0. The summed E-state index contributed by atoms with van der Waals surface area (Å²) in [6, 6.07) is 0. The Hall–Kier alpha value is -0.0900. The first kappa shape index (κ1) is 6.91. The zero-order valence-electron chi connectivity index (χ0n) is 3.79. The van der Waals surface area contributed by atoms with Crippen molar-refractivity contribution in [3.05, 3.63) is 6.92 Å². The van der Waals surface area contributed by atoms with Gasteiger partial charge in [0.15, 0.2) is 0 Å². The normalized spacial score (nSPS) is 11.7. The standard InChI is InChI=1S/C3H7O3S/c1-2-3-7(4,5)6/h1-3H2,(H,4,5,6). The lowest BCUT2D eigenvalue weighted by atomic mass is 10.6. The fraction of sp³-hybridized carbons (Fsp3) is 0.667. The molecule has 0 aliphatic carbocycles. The van der Waals surface area contributed by atoms with Crippen molar-refractivity contribution in [1.29, 1.82) is 0 Å². The molecule has 0 aromatic carbocycles. The molecule has 0 bridgehead atoms. The summed E-state index contributed by atoms with van der Waals surface area (Å²) in [5.74, 6) is -0.243. The van der Waals surface area contributed by atoms with Gasteiger partial charge in [-0.05, 0) is 6.42 Å². The van der Waals surface area contributed by atoms with Gasteiger partial charge in [0.05, 0.1) is 5.75 Å². The van der Waals surface area contributed by atoms with Gasteiger partial charge in [0.2, 0.25) is 0 Å². The highest BCUT2D eigenvalue weighted by Crippen LogP contribution is 1.83. The largest absolute Gasteiger partial charge is 0.286 e. The average molecular weight is 123 g/mol. The van der Waals surface area contributed by atoms with Crippen LogP contribution in [0.1, 0.15) is 6.42 Å². The van der Waals surface area contributed by atoms with Crippen molar-refractivity contribution < 1.29 is 13.0 Å². The van der Waals surface area contributed by atoms with Gasteiger partial charge in [-0.15, -0.1) is 0 Å². The van der Waals surface area contributed by atoms with Gasteiger partial charge in [0.25, 0.3) is 10.1 Å². The SMILES string of the molecule is [CH2]CCS(=O)(=O)O. The maximum atomic E-state index is 9.75. The van der Waals surface area contributed by atoms with Gasteiger partial charge in [-0.1, -0.05) is 6.92 Å². The monoisotopic (exact) mass is 123 g/mol. The minimum absolute atomic E-state index is 0.221. The van der Waals surface area contributed by atoms with Crippen molar-refractivity contribution in [2.75, 3.05) is 5.75 Å². The first-order valence-corrected chi connectivity index (χ1v) is 3.41. The molecule has 0 fully saturated rings. The van der Waals surface area contributed by atoms with Crippen LogP contribution in [0.25, 0.3) is 0 Å². The van der Waals surface area contributed by atoms with E-state index in [-0.39, 0.29) is 12.2 Å². The van der Waals surface area contributed by atoms with Crippen LogP contribution >= 0.6 is 0 Å². The molecule has 0 atom stereocenters. The summed E-state index contributed by atoms with van der Waals surface area (Å²) in [7, 11) is -3.74. The predicted octanol–water partition coefficient (Wildman–Crippen LogP) is 0.0984. The van der Waals surface area contributed by atoms with Crippen LogP contribution < -0.4 is 0 Å². The maximum Gasteiger partial charge on any atom is 0.264 e. The highest BCUT2D eigenvalue weighted by Gasteiger charge is 1.98. The molecule has 1 radical (unpaired) electrons. The van der Waals surface area contributed by atoms with Gasteiger partial charge >= 0.3 is 0 Å². The second kappa shape index (κ2) is 2.28. The van der Waals surface area contributed by atoms with Gasteiger partial charge in [-0.25, -0.2) is 0 Å². The summed E-state index contributed by atoms with van der Waals surface area (Å²) < 4.78 is 27.4. The van der Waals surface area contributed by atoms with Crippen LogP contribution in [0.4, 0.5) is 0 Å². The lowest BCUT2D eigenvalue weighted by Gasteiger charge is -1.85. The van der Waals surface area contributed by atoms with E-state index in [2.05, 4.69) is 6.92 Å². The lowest BCUT2D eigenvalue weighted by Crippen LogP contribution is -2.01. The van der Waals surface area contributed by atoms with E-state index in [1.54, 1.807) is 0 Å². The molecule has 0 spiro atoms. The summed E-state index contributed by atoms with van der Waals surface area (Å²) in [6.45, 7) is 3.23. The fourth-order valence-corrected chi connectivity index (χ4v) is 0.547. The van der Waals surface area contributed by atoms with Crippen LogP contribution in [0.5, 0.6) is 0 Å². The molecule has 0 aromatic rings. The smallest absolute Gasteiger partial charge is 0.264 e. The van der Waals surface area contributed by atoms with Crippen LogP contribution in [0.15, 0.2) is 0 Å². The van der Waals surface area contributed by atoms with Crippen LogP contribution in [0.2, 0.25) is 0 Å². The van der Waals surface area contributed by atoms with E-state index in [4.69, 9.17) is 4.55 Å². The molecule has 0 aliphatic heterocycles. The van der Waals surface area contributed by atoms with Crippen molar-refractivity contribution in [1.82, 2.24) is 0 Å². The van der Waals surface area contributed by atoms with E-state index in [0.717, 1.165) is 0 Å². The molecule has 0 rings (SSSR count). The third-order valence-electron chi connectivity index (χ3n) is 0.402. The van der Waals surface area contributed by atoms with Crippen molar-refractivity contribution in [3.8, 4) is 0 Å². The lowest BCUT2D eigenvalue weighted by molar-refractivity contribution is 0.483. The Kier molecular flexibility index (Phi) is 2.25. The molecule has 0 aliphatic rings. The van der Waals surface area contributed by atoms with E-state index in [0.29, 0.717) is 0 Å². The third kappa shape index (κ3) is 5.91. The van der Waals surface area contributed by atoms with E-state index in [1.807, 2.05) is 0 Å². The van der Waals surface area contributed by atoms with Gasteiger partial charge in [-0.3, -0.25) is 4.55 Å². The van der Waals surface area contributed by atoms with E-state index >= 15 is 0 Å². The summed E-state index contributed by atoms with van der Waals surface area (Å²) in [5, 5.41) is 0. The number of rotatable bonds is 2. The maximum absolute atomic E-state index is 9.75. The summed E-state index contributed by atoms with van der Waals surface area (Å²) in [6.07, 6.45) is 0.221. The molecule has 0 aromatic heterocycles. The van der Waals surface area contributed by atoms with Crippen molar-refractivity contribution in [3.63, 3.8) is 0 Å². The molecule has 0 amide bonds. The molecule has 0 unspecified atom stereocenters. The Morgan fingerprint density at radius 2 is 2.00 bits per heavy atom. The molecule has 0 saturated carbocycles. The minimum atomic E-state index is -3.74. The first-order valence-electron chi connectivity index (χ1n) is 1.80. The molecule has 0 saturated heterocycles. The molecular formula is C3H7O3S. The van der Waals surface area contributed by atoms with Crippen molar-refractivity contribution >= 4 is 10.1 Å². The first-order chi connectivity index (χ1) is 3.06. The second-order valence-corrected chi connectivity index (χ2v) is 2.71. The van der Waals surface area contributed by atoms with Gasteiger partial charge < -0.3 is 0 Å². The predicted molar refractivity (Wildman–Crippen MR) is 26.4 cm³/mol. The van der Waals surface area contributed by atoms with Crippen molar-refractivity contribution in [2.24, 2.45) is 0 Å². The highest BCUT2D eigenvalue weighted by atomic mass is 32.2. The quantitative estimate of drug-likeness (QED) is 0.530. The van der Waals surface area contributed by atoms with Gasteiger partial charge in [0, 0.05) is 0 Å². The van der Waals surface area contributed by atoms with Gasteiger partial charge in [-0.2, -0.15) is 8.42 Å². The Morgan fingerprint density at radius 3 is 2.00 bits per heavy atom. The van der Waals surface area contributed by atoms with Crippen LogP contribution in [0.3, 0.4) is 0 Å². The van der Waals surface area contributed by atoms with Gasteiger partial charge in [0.1, 0.15) is 0 Å². The fourth-order valence-electron chi connectivity index (χ4n) is 0.182. The topological polar surface area (TPSA) is 54.4 Å². The number of hydrogen-bond acceptors (Lipinski definition) is 2. The molecule has 1 N–H and O–H groups in total. The zero-order valence-corrected chi connectivity index (χ0v) is 4.61. The molecular weight excluding hydrogens is 116 g/mol. The number of hydrogen-bond donors (Lipinski definition) is 1. The van der Waals surface area contributed by atoms with Crippen LogP contribution in [-0.2, 0) is 10.1 Å².